The monoisotopic (exact) mass is 269 g/mol. The summed E-state index contributed by atoms with van der Waals surface area (Å²) in [5, 5.41) is 20.9. The van der Waals surface area contributed by atoms with Gasteiger partial charge in [-0.25, -0.2) is 0 Å². The van der Waals surface area contributed by atoms with Gasteiger partial charge in [0.15, 0.2) is 5.69 Å². The van der Waals surface area contributed by atoms with Crippen molar-refractivity contribution in [3.63, 3.8) is 0 Å². The molecule has 0 fully saturated rings. The van der Waals surface area contributed by atoms with Gasteiger partial charge in [0, 0.05) is 19.5 Å². The zero-order valence-electron chi connectivity index (χ0n) is 11.6. The standard InChI is InChI=1S/C14H15N5O/c1-9(14(20)19(2)3)16-13-10-6-4-5-7-11(10)17-18-12(13)8-15/h4-7,9H,1-3H3,(H,16,17). The fraction of sp³-hybridized carbons (Fsp3) is 0.286. The number of hydrogen-bond donors (Lipinski definition) is 1. The molecule has 1 aromatic carbocycles. The van der Waals surface area contributed by atoms with E-state index >= 15 is 0 Å². The van der Waals surface area contributed by atoms with Crippen LogP contribution in [0.3, 0.4) is 0 Å². The van der Waals surface area contributed by atoms with E-state index in [1.807, 2.05) is 30.3 Å². The summed E-state index contributed by atoms with van der Waals surface area (Å²) < 4.78 is 0. The summed E-state index contributed by atoms with van der Waals surface area (Å²) >= 11 is 0. The van der Waals surface area contributed by atoms with Crippen LogP contribution in [-0.4, -0.2) is 41.1 Å². The second-order valence-corrected chi connectivity index (χ2v) is 4.65. The van der Waals surface area contributed by atoms with E-state index in [2.05, 4.69) is 15.5 Å². The van der Waals surface area contributed by atoms with Gasteiger partial charge in [-0.15, -0.1) is 10.2 Å². The van der Waals surface area contributed by atoms with Crippen molar-refractivity contribution in [1.29, 1.82) is 5.26 Å². The SMILES string of the molecule is CC(Nc1c(C#N)nnc2ccccc12)C(=O)N(C)C. The highest BCUT2D eigenvalue weighted by Gasteiger charge is 2.18. The highest BCUT2D eigenvalue weighted by molar-refractivity contribution is 5.95. The Bertz CT molecular complexity index is 690. The van der Waals surface area contributed by atoms with Crippen LogP contribution >= 0.6 is 0 Å². The molecule has 2 rings (SSSR count). The van der Waals surface area contributed by atoms with E-state index in [-0.39, 0.29) is 11.6 Å². The topological polar surface area (TPSA) is 81.9 Å². The molecule has 20 heavy (non-hydrogen) atoms. The molecule has 6 heteroatoms. The molecule has 0 bridgehead atoms. The summed E-state index contributed by atoms with van der Waals surface area (Å²) in [6.07, 6.45) is 0. The van der Waals surface area contributed by atoms with Crippen molar-refractivity contribution >= 4 is 22.5 Å². The van der Waals surface area contributed by atoms with Gasteiger partial charge >= 0.3 is 0 Å². The molecule has 6 nitrogen and oxygen atoms in total. The third kappa shape index (κ3) is 2.52. The maximum absolute atomic E-state index is 11.9. The average Bonchev–Trinajstić information content (AvgIpc) is 2.46. The Balaban J connectivity index is 2.47. The van der Waals surface area contributed by atoms with E-state index in [9.17, 15) is 4.79 Å². The fourth-order valence-electron chi connectivity index (χ4n) is 1.94. The fourth-order valence-corrected chi connectivity index (χ4v) is 1.94. The van der Waals surface area contributed by atoms with Crippen LogP contribution in [0.15, 0.2) is 24.3 Å². The van der Waals surface area contributed by atoms with E-state index in [0.717, 1.165) is 5.39 Å². The van der Waals surface area contributed by atoms with E-state index in [1.54, 1.807) is 21.0 Å². The van der Waals surface area contributed by atoms with Crippen molar-refractivity contribution in [3.05, 3.63) is 30.0 Å². The second-order valence-electron chi connectivity index (χ2n) is 4.65. The van der Waals surface area contributed by atoms with Crippen molar-refractivity contribution < 1.29 is 4.79 Å². The van der Waals surface area contributed by atoms with Gasteiger partial charge in [-0.05, 0) is 13.0 Å². The van der Waals surface area contributed by atoms with Gasteiger partial charge in [0.25, 0.3) is 0 Å². The minimum absolute atomic E-state index is 0.0743. The van der Waals surface area contributed by atoms with E-state index < -0.39 is 6.04 Å². The summed E-state index contributed by atoms with van der Waals surface area (Å²) in [6.45, 7) is 1.75. The predicted octanol–water partition coefficient (Wildman–Crippen LogP) is 1.39. The van der Waals surface area contributed by atoms with Crippen LogP contribution in [0.2, 0.25) is 0 Å². The Morgan fingerprint density at radius 2 is 2.05 bits per heavy atom. The zero-order valence-corrected chi connectivity index (χ0v) is 11.6. The van der Waals surface area contributed by atoms with Crippen molar-refractivity contribution in [3.8, 4) is 6.07 Å². The van der Waals surface area contributed by atoms with Crippen LogP contribution in [0.25, 0.3) is 10.9 Å². The van der Waals surface area contributed by atoms with Crippen LogP contribution in [0, 0.1) is 11.3 Å². The first kappa shape index (κ1) is 13.7. The molecule has 1 amide bonds. The molecule has 0 aliphatic heterocycles. The minimum atomic E-state index is -0.454. The van der Waals surface area contributed by atoms with Crippen LogP contribution in [-0.2, 0) is 4.79 Å². The molecule has 0 aliphatic rings. The molecule has 1 atom stereocenters. The highest BCUT2D eigenvalue weighted by Crippen LogP contribution is 2.24. The molecule has 1 aromatic heterocycles. The first-order valence-electron chi connectivity index (χ1n) is 6.18. The van der Waals surface area contributed by atoms with Gasteiger partial charge in [0.1, 0.15) is 12.1 Å². The third-order valence-corrected chi connectivity index (χ3v) is 2.95. The summed E-state index contributed by atoms with van der Waals surface area (Å²) in [6, 6.07) is 8.91. The lowest BCUT2D eigenvalue weighted by molar-refractivity contribution is -0.129. The molecule has 102 valence electrons. The maximum atomic E-state index is 11.9. The molecule has 1 unspecified atom stereocenters. The van der Waals surface area contributed by atoms with Crippen LogP contribution in [0.1, 0.15) is 12.6 Å². The first-order chi connectivity index (χ1) is 9.54. The van der Waals surface area contributed by atoms with Crippen LogP contribution in [0.5, 0.6) is 0 Å². The normalized spacial score (nSPS) is 11.7. The number of nitriles is 1. The second kappa shape index (κ2) is 5.53. The Labute approximate surface area is 117 Å². The Hall–Kier alpha value is -2.68. The lowest BCUT2D eigenvalue weighted by Crippen LogP contribution is -2.36. The molecular weight excluding hydrogens is 254 g/mol. The summed E-state index contributed by atoms with van der Waals surface area (Å²) in [7, 11) is 3.38. The van der Waals surface area contributed by atoms with Crippen molar-refractivity contribution in [2.24, 2.45) is 0 Å². The molecule has 2 aromatic rings. The zero-order chi connectivity index (χ0) is 14.7. The lowest BCUT2D eigenvalue weighted by atomic mass is 10.1. The molecule has 0 aliphatic carbocycles. The largest absolute Gasteiger partial charge is 0.371 e. The summed E-state index contributed by atoms with van der Waals surface area (Å²) in [5.74, 6) is -0.0743. The van der Waals surface area contributed by atoms with Crippen LogP contribution < -0.4 is 5.32 Å². The summed E-state index contributed by atoms with van der Waals surface area (Å²) in [5.41, 5.74) is 1.40. The van der Waals surface area contributed by atoms with Gasteiger partial charge in [-0.3, -0.25) is 4.79 Å². The Kier molecular flexibility index (Phi) is 3.80. The number of rotatable bonds is 3. The molecule has 1 heterocycles. The smallest absolute Gasteiger partial charge is 0.244 e. The number of anilines is 1. The predicted molar refractivity (Wildman–Crippen MR) is 76.0 cm³/mol. The van der Waals surface area contributed by atoms with Gasteiger partial charge in [-0.1, -0.05) is 18.2 Å². The number of fused-ring (bicyclic) bond motifs is 1. The summed E-state index contributed by atoms with van der Waals surface area (Å²) in [4.78, 5) is 13.4. The van der Waals surface area contributed by atoms with Gasteiger partial charge in [0.05, 0.1) is 11.2 Å². The molecule has 0 saturated heterocycles. The Morgan fingerprint density at radius 3 is 2.70 bits per heavy atom. The quantitative estimate of drug-likeness (QED) is 0.910. The maximum Gasteiger partial charge on any atom is 0.244 e. The molecular formula is C14H15N5O. The minimum Gasteiger partial charge on any atom is -0.371 e. The number of amides is 1. The molecule has 0 saturated carbocycles. The van der Waals surface area contributed by atoms with Gasteiger partial charge in [0.2, 0.25) is 5.91 Å². The van der Waals surface area contributed by atoms with Crippen molar-refractivity contribution in [1.82, 2.24) is 15.1 Å². The van der Waals surface area contributed by atoms with Gasteiger partial charge in [-0.2, -0.15) is 5.26 Å². The number of likely N-dealkylation sites (N-methyl/N-ethyl adjacent to an activating group) is 1. The molecule has 1 N–H and O–H groups in total. The van der Waals surface area contributed by atoms with Crippen molar-refractivity contribution in [2.75, 3.05) is 19.4 Å². The average molecular weight is 269 g/mol. The van der Waals surface area contributed by atoms with E-state index in [0.29, 0.717) is 11.2 Å². The number of benzene rings is 1. The van der Waals surface area contributed by atoms with E-state index in [1.165, 1.54) is 4.90 Å². The lowest BCUT2D eigenvalue weighted by Gasteiger charge is -2.20. The molecule has 0 radical (unpaired) electrons. The van der Waals surface area contributed by atoms with Crippen molar-refractivity contribution in [2.45, 2.75) is 13.0 Å². The number of aromatic nitrogens is 2. The first-order valence-corrected chi connectivity index (χ1v) is 6.18. The third-order valence-electron chi connectivity index (χ3n) is 2.95. The number of hydrogen-bond acceptors (Lipinski definition) is 5. The Morgan fingerprint density at radius 1 is 1.35 bits per heavy atom. The van der Waals surface area contributed by atoms with E-state index in [4.69, 9.17) is 5.26 Å². The number of carbonyl (C=O) groups excluding carboxylic acids is 1. The number of nitrogens with zero attached hydrogens (tertiary/aromatic N) is 4. The molecule has 0 spiro atoms. The van der Waals surface area contributed by atoms with Gasteiger partial charge < -0.3 is 10.2 Å². The highest BCUT2D eigenvalue weighted by atomic mass is 16.2. The van der Waals surface area contributed by atoms with Crippen LogP contribution in [0.4, 0.5) is 5.69 Å². The number of nitrogens with one attached hydrogen (secondary N) is 1. The number of carbonyl (C=O) groups is 1.